The van der Waals surface area contributed by atoms with E-state index in [1.807, 2.05) is 24.3 Å². The highest BCUT2D eigenvalue weighted by molar-refractivity contribution is 8.00. The van der Waals surface area contributed by atoms with Crippen molar-refractivity contribution in [3.05, 3.63) is 53.8 Å². The van der Waals surface area contributed by atoms with E-state index >= 15 is 0 Å². The molecule has 0 radical (unpaired) electrons. The number of hydrogen-bond donors (Lipinski definition) is 0. The molecule has 0 heterocycles. The van der Waals surface area contributed by atoms with Gasteiger partial charge in [-0.1, -0.05) is 0 Å². The Morgan fingerprint density at radius 1 is 1.10 bits per heavy atom. The topological polar surface area (TPSA) is 35.5 Å². The molecule has 0 aliphatic carbocycles. The molecule has 0 aliphatic rings. The average Bonchev–Trinajstić information content (AvgIpc) is 2.53. The zero-order valence-electron chi connectivity index (χ0n) is 11.8. The van der Waals surface area contributed by atoms with Crippen LogP contribution in [0.1, 0.15) is 10.4 Å². The first-order valence-corrected chi connectivity index (χ1v) is 7.26. The summed E-state index contributed by atoms with van der Waals surface area (Å²) < 4.78 is 23.5. The second-order valence-electron chi connectivity index (χ2n) is 4.24. The molecule has 3 nitrogen and oxygen atoms in total. The van der Waals surface area contributed by atoms with Crippen LogP contribution in [0.15, 0.2) is 47.4 Å². The van der Waals surface area contributed by atoms with Gasteiger partial charge >= 0.3 is 0 Å². The highest BCUT2D eigenvalue weighted by Crippen LogP contribution is 2.23. The van der Waals surface area contributed by atoms with Gasteiger partial charge in [0.05, 0.1) is 20.0 Å². The molecule has 0 fully saturated rings. The molecular weight excluding hydrogens is 291 g/mol. The zero-order valence-corrected chi connectivity index (χ0v) is 12.6. The van der Waals surface area contributed by atoms with Gasteiger partial charge < -0.3 is 9.47 Å². The number of Topliss-reactive ketones (excluding diaryl/α,β-unsaturated/α-hetero) is 1. The van der Waals surface area contributed by atoms with Gasteiger partial charge in [0.1, 0.15) is 5.75 Å². The van der Waals surface area contributed by atoms with Crippen LogP contribution in [0.25, 0.3) is 0 Å². The minimum atomic E-state index is -0.530. The molecule has 0 saturated heterocycles. The Labute approximate surface area is 127 Å². The molecule has 0 amide bonds. The van der Waals surface area contributed by atoms with Crippen LogP contribution in [-0.4, -0.2) is 25.8 Å². The average molecular weight is 306 g/mol. The molecule has 0 unspecified atom stereocenters. The van der Waals surface area contributed by atoms with E-state index in [0.717, 1.165) is 10.6 Å². The zero-order chi connectivity index (χ0) is 15.2. The van der Waals surface area contributed by atoms with Crippen LogP contribution < -0.4 is 9.47 Å². The minimum Gasteiger partial charge on any atom is -0.497 e. The highest BCUT2D eigenvalue weighted by atomic mass is 32.2. The van der Waals surface area contributed by atoms with E-state index < -0.39 is 5.82 Å². The van der Waals surface area contributed by atoms with Gasteiger partial charge in [-0.3, -0.25) is 4.79 Å². The molecule has 5 heteroatoms. The van der Waals surface area contributed by atoms with Crippen LogP contribution in [0.4, 0.5) is 4.39 Å². The Hall–Kier alpha value is -2.01. The summed E-state index contributed by atoms with van der Waals surface area (Å²) in [6, 6.07) is 11.7. The predicted molar refractivity (Wildman–Crippen MR) is 81.0 cm³/mol. The molecular formula is C16H15FO3S. The maximum atomic E-state index is 13.6. The van der Waals surface area contributed by atoms with Crippen LogP contribution >= 0.6 is 11.8 Å². The van der Waals surface area contributed by atoms with Crippen molar-refractivity contribution in [1.29, 1.82) is 0 Å². The molecule has 0 bridgehead atoms. The quantitative estimate of drug-likeness (QED) is 0.600. The molecule has 0 aromatic heterocycles. The lowest BCUT2D eigenvalue weighted by molar-refractivity contribution is 0.102. The Morgan fingerprint density at radius 3 is 2.38 bits per heavy atom. The number of hydrogen-bond acceptors (Lipinski definition) is 4. The third-order valence-electron chi connectivity index (χ3n) is 2.90. The number of carbonyl (C=O) groups excluding carboxylic acids is 1. The molecule has 0 N–H and O–H groups in total. The van der Waals surface area contributed by atoms with Gasteiger partial charge in [0.25, 0.3) is 0 Å². The monoisotopic (exact) mass is 306 g/mol. The summed E-state index contributed by atoms with van der Waals surface area (Å²) in [6.07, 6.45) is 0. The van der Waals surface area contributed by atoms with Crippen molar-refractivity contribution in [2.24, 2.45) is 0 Å². The molecule has 2 rings (SSSR count). The Balaban J connectivity index is 1.99. The molecule has 21 heavy (non-hydrogen) atoms. The lowest BCUT2D eigenvalue weighted by Crippen LogP contribution is -2.03. The third kappa shape index (κ3) is 3.98. The van der Waals surface area contributed by atoms with Crippen LogP contribution in [-0.2, 0) is 0 Å². The van der Waals surface area contributed by atoms with Crippen molar-refractivity contribution in [3.63, 3.8) is 0 Å². The van der Waals surface area contributed by atoms with E-state index in [4.69, 9.17) is 9.47 Å². The second kappa shape index (κ2) is 7.13. The Bertz CT molecular complexity index is 626. The fourth-order valence-electron chi connectivity index (χ4n) is 1.74. The summed E-state index contributed by atoms with van der Waals surface area (Å²) in [5.74, 6) is 0.491. The standard InChI is InChI=1S/C16H15FO3S/c1-19-12-4-6-13(7-5-12)21-10-15(18)11-3-8-16(20-2)14(17)9-11/h3-9H,10H2,1-2H3. The van der Waals surface area contributed by atoms with Crippen LogP contribution in [0, 0.1) is 5.82 Å². The number of thioether (sulfide) groups is 1. The highest BCUT2D eigenvalue weighted by Gasteiger charge is 2.10. The summed E-state index contributed by atoms with van der Waals surface area (Å²) in [5, 5.41) is 0. The van der Waals surface area contributed by atoms with E-state index in [1.165, 1.54) is 31.0 Å². The van der Waals surface area contributed by atoms with Crippen LogP contribution in [0.5, 0.6) is 11.5 Å². The van der Waals surface area contributed by atoms with Gasteiger partial charge in [-0.25, -0.2) is 4.39 Å². The normalized spacial score (nSPS) is 10.2. The Morgan fingerprint density at radius 2 is 1.81 bits per heavy atom. The third-order valence-corrected chi connectivity index (χ3v) is 3.92. The number of carbonyl (C=O) groups is 1. The van der Waals surface area contributed by atoms with Crippen molar-refractivity contribution in [2.75, 3.05) is 20.0 Å². The van der Waals surface area contributed by atoms with E-state index in [1.54, 1.807) is 13.2 Å². The first kappa shape index (κ1) is 15.4. The number of benzene rings is 2. The molecule has 2 aromatic rings. The SMILES string of the molecule is COc1ccc(SCC(=O)c2ccc(OC)c(F)c2)cc1. The molecule has 0 atom stereocenters. The molecule has 0 aliphatic heterocycles. The van der Waals surface area contributed by atoms with Crippen LogP contribution in [0.2, 0.25) is 0 Å². The molecule has 110 valence electrons. The van der Waals surface area contributed by atoms with Gasteiger partial charge in [-0.15, -0.1) is 11.8 Å². The van der Waals surface area contributed by atoms with Crippen molar-refractivity contribution in [3.8, 4) is 11.5 Å². The number of methoxy groups -OCH3 is 2. The summed E-state index contributed by atoms with van der Waals surface area (Å²) >= 11 is 1.40. The molecule has 2 aromatic carbocycles. The maximum absolute atomic E-state index is 13.6. The second-order valence-corrected chi connectivity index (χ2v) is 5.29. The van der Waals surface area contributed by atoms with Crippen LogP contribution in [0.3, 0.4) is 0 Å². The number of ether oxygens (including phenoxy) is 2. The summed E-state index contributed by atoms with van der Waals surface area (Å²) in [5.41, 5.74) is 0.342. The van der Waals surface area contributed by atoms with Gasteiger partial charge in [-0.2, -0.15) is 0 Å². The Kier molecular flexibility index (Phi) is 5.22. The lowest BCUT2D eigenvalue weighted by Gasteiger charge is -2.05. The van der Waals surface area contributed by atoms with Gasteiger partial charge in [0.2, 0.25) is 0 Å². The van der Waals surface area contributed by atoms with Gasteiger partial charge in [0, 0.05) is 10.5 Å². The fourth-order valence-corrected chi connectivity index (χ4v) is 2.54. The van der Waals surface area contributed by atoms with Crippen molar-refractivity contribution in [1.82, 2.24) is 0 Å². The molecule has 0 saturated carbocycles. The first-order valence-electron chi connectivity index (χ1n) is 6.27. The maximum Gasteiger partial charge on any atom is 0.173 e. The van der Waals surface area contributed by atoms with Gasteiger partial charge in [-0.05, 0) is 42.5 Å². The largest absolute Gasteiger partial charge is 0.497 e. The molecule has 0 spiro atoms. The number of ketones is 1. The minimum absolute atomic E-state index is 0.127. The van der Waals surface area contributed by atoms with E-state index in [9.17, 15) is 9.18 Å². The summed E-state index contributed by atoms with van der Waals surface area (Å²) in [6.45, 7) is 0. The fraction of sp³-hybridized carbons (Fsp3) is 0.188. The van der Waals surface area contributed by atoms with Crippen molar-refractivity contribution >= 4 is 17.5 Å². The van der Waals surface area contributed by atoms with E-state index in [0.29, 0.717) is 5.56 Å². The smallest absolute Gasteiger partial charge is 0.173 e. The number of halogens is 1. The van der Waals surface area contributed by atoms with Crippen molar-refractivity contribution in [2.45, 2.75) is 4.90 Å². The number of rotatable bonds is 6. The first-order chi connectivity index (χ1) is 10.1. The van der Waals surface area contributed by atoms with E-state index in [-0.39, 0.29) is 17.3 Å². The summed E-state index contributed by atoms with van der Waals surface area (Å²) in [4.78, 5) is 13.0. The van der Waals surface area contributed by atoms with Crippen molar-refractivity contribution < 1.29 is 18.7 Å². The predicted octanol–water partition coefficient (Wildman–Crippen LogP) is 3.82. The van der Waals surface area contributed by atoms with E-state index in [2.05, 4.69) is 0 Å². The summed E-state index contributed by atoms with van der Waals surface area (Å²) in [7, 11) is 2.99. The lowest BCUT2D eigenvalue weighted by atomic mass is 10.1. The van der Waals surface area contributed by atoms with Gasteiger partial charge in [0.15, 0.2) is 17.3 Å².